The number of hydrogen-bond acceptors (Lipinski definition) is 4. The molecule has 1 saturated heterocycles. The molecule has 136 valence electrons. The van der Waals surface area contributed by atoms with Gasteiger partial charge in [0.05, 0.1) is 13.2 Å². The van der Waals surface area contributed by atoms with Gasteiger partial charge in [-0.15, -0.1) is 0 Å². The first-order valence-electron chi connectivity index (χ1n) is 8.96. The molecule has 3 amide bonds. The molecule has 0 atom stereocenters. The predicted octanol–water partition coefficient (Wildman–Crippen LogP) is 1.88. The Morgan fingerprint density at radius 3 is 2.56 bits per heavy atom. The summed E-state index contributed by atoms with van der Waals surface area (Å²) in [6, 6.07) is 6.99. The van der Waals surface area contributed by atoms with E-state index in [0.717, 1.165) is 52.1 Å². The number of ether oxygens (including phenoxy) is 1. The van der Waals surface area contributed by atoms with E-state index in [-0.39, 0.29) is 17.9 Å². The minimum Gasteiger partial charge on any atom is -0.379 e. The fraction of sp³-hybridized carbons (Fsp3) is 0.556. The summed E-state index contributed by atoms with van der Waals surface area (Å²) < 4.78 is 5.31. The third-order valence-electron chi connectivity index (χ3n) is 4.38. The Kier molecular flexibility index (Phi) is 6.25. The van der Waals surface area contributed by atoms with E-state index in [1.807, 2.05) is 12.1 Å². The van der Waals surface area contributed by atoms with Crippen molar-refractivity contribution in [1.29, 1.82) is 0 Å². The highest BCUT2D eigenvalue weighted by Crippen LogP contribution is 2.30. The molecule has 7 nitrogen and oxygen atoms in total. The summed E-state index contributed by atoms with van der Waals surface area (Å²) >= 11 is 0. The van der Waals surface area contributed by atoms with Crippen LogP contribution in [0.5, 0.6) is 0 Å². The summed E-state index contributed by atoms with van der Waals surface area (Å²) in [7, 11) is 0. The van der Waals surface area contributed by atoms with Crippen LogP contribution in [-0.2, 0) is 9.53 Å². The summed E-state index contributed by atoms with van der Waals surface area (Å²) in [5.41, 5.74) is 1.38. The number of amides is 3. The molecule has 2 fully saturated rings. The number of hydrogen-bond donors (Lipinski definition) is 3. The molecule has 0 spiro atoms. The number of urea groups is 1. The first-order valence-corrected chi connectivity index (χ1v) is 8.96. The van der Waals surface area contributed by atoms with E-state index in [4.69, 9.17) is 4.74 Å². The quantitative estimate of drug-likeness (QED) is 0.658. The predicted molar refractivity (Wildman–Crippen MR) is 96.7 cm³/mol. The second-order valence-electron chi connectivity index (χ2n) is 6.53. The van der Waals surface area contributed by atoms with E-state index in [2.05, 4.69) is 20.9 Å². The lowest BCUT2D eigenvalue weighted by Crippen LogP contribution is -2.38. The number of nitrogens with zero attached hydrogens (tertiary/aromatic N) is 1. The van der Waals surface area contributed by atoms with Crippen LogP contribution in [0.2, 0.25) is 0 Å². The van der Waals surface area contributed by atoms with Crippen molar-refractivity contribution in [3.63, 3.8) is 0 Å². The van der Waals surface area contributed by atoms with Gasteiger partial charge in [-0.3, -0.25) is 9.69 Å². The number of benzene rings is 1. The molecule has 3 rings (SSSR count). The maximum Gasteiger partial charge on any atom is 0.319 e. The first kappa shape index (κ1) is 17.7. The van der Waals surface area contributed by atoms with E-state index in [0.29, 0.717) is 17.9 Å². The summed E-state index contributed by atoms with van der Waals surface area (Å²) in [5, 5.41) is 8.55. The zero-order chi connectivity index (χ0) is 17.5. The minimum atomic E-state index is -0.229. The monoisotopic (exact) mass is 346 g/mol. The van der Waals surface area contributed by atoms with E-state index in [1.54, 1.807) is 12.1 Å². The number of morpholine rings is 1. The molecule has 7 heteroatoms. The van der Waals surface area contributed by atoms with Gasteiger partial charge < -0.3 is 20.7 Å². The van der Waals surface area contributed by atoms with Crippen molar-refractivity contribution < 1.29 is 14.3 Å². The molecule has 25 heavy (non-hydrogen) atoms. The maximum absolute atomic E-state index is 12.0. The lowest BCUT2D eigenvalue weighted by molar-refractivity contribution is -0.117. The first-order chi connectivity index (χ1) is 12.2. The van der Waals surface area contributed by atoms with Gasteiger partial charge in [-0.2, -0.15) is 0 Å². The average Bonchev–Trinajstić information content (AvgIpc) is 3.45. The lowest BCUT2D eigenvalue weighted by atomic mass is 10.2. The Morgan fingerprint density at radius 2 is 1.84 bits per heavy atom. The van der Waals surface area contributed by atoms with E-state index in [1.165, 1.54) is 0 Å². The Hall–Kier alpha value is -2.12. The third-order valence-corrected chi connectivity index (χ3v) is 4.38. The fourth-order valence-electron chi connectivity index (χ4n) is 2.77. The molecular formula is C18H26N4O3. The van der Waals surface area contributed by atoms with Crippen LogP contribution in [0.15, 0.2) is 24.3 Å². The molecule has 2 aliphatic rings. The van der Waals surface area contributed by atoms with Gasteiger partial charge >= 0.3 is 6.03 Å². The molecule has 1 heterocycles. The van der Waals surface area contributed by atoms with Gasteiger partial charge in [0.1, 0.15) is 0 Å². The molecule has 3 N–H and O–H groups in total. The van der Waals surface area contributed by atoms with Crippen LogP contribution >= 0.6 is 0 Å². The average molecular weight is 346 g/mol. The van der Waals surface area contributed by atoms with Gasteiger partial charge in [0.25, 0.3) is 0 Å². The Balaban J connectivity index is 1.36. The van der Waals surface area contributed by atoms with Gasteiger partial charge in [-0.1, -0.05) is 6.07 Å². The molecule has 1 aromatic rings. The fourth-order valence-corrected chi connectivity index (χ4v) is 2.77. The van der Waals surface area contributed by atoms with Crippen molar-refractivity contribution >= 4 is 23.3 Å². The van der Waals surface area contributed by atoms with E-state index in [9.17, 15) is 9.59 Å². The molecule has 0 unspecified atom stereocenters. The summed E-state index contributed by atoms with van der Waals surface area (Å²) in [5.74, 6) is 0.219. The smallest absolute Gasteiger partial charge is 0.319 e. The van der Waals surface area contributed by atoms with Gasteiger partial charge in [0, 0.05) is 36.9 Å². The zero-order valence-electron chi connectivity index (χ0n) is 14.4. The zero-order valence-corrected chi connectivity index (χ0v) is 14.4. The van der Waals surface area contributed by atoms with Gasteiger partial charge in [0.2, 0.25) is 5.91 Å². The normalized spacial score (nSPS) is 17.8. The summed E-state index contributed by atoms with van der Waals surface area (Å²) in [4.78, 5) is 26.1. The van der Waals surface area contributed by atoms with Gasteiger partial charge in [0.15, 0.2) is 0 Å². The van der Waals surface area contributed by atoms with Crippen molar-refractivity contribution in [3.8, 4) is 0 Å². The Labute approximate surface area is 148 Å². The van der Waals surface area contributed by atoms with Crippen molar-refractivity contribution in [3.05, 3.63) is 24.3 Å². The number of anilines is 2. The second-order valence-corrected chi connectivity index (χ2v) is 6.53. The largest absolute Gasteiger partial charge is 0.379 e. The van der Waals surface area contributed by atoms with Crippen LogP contribution in [0.4, 0.5) is 16.2 Å². The number of nitrogens with one attached hydrogen (secondary N) is 3. The van der Waals surface area contributed by atoms with Crippen molar-refractivity contribution in [1.82, 2.24) is 10.2 Å². The highest BCUT2D eigenvalue weighted by molar-refractivity contribution is 5.95. The number of carbonyl (C=O) groups is 2. The Morgan fingerprint density at radius 1 is 1.12 bits per heavy atom. The molecule has 0 aromatic heterocycles. The molecule has 1 saturated carbocycles. The molecular weight excluding hydrogens is 320 g/mol. The second kappa shape index (κ2) is 8.82. The highest BCUT2D eigenvalue weighted by Gasteiger charge is 2.29. The number of rotatable bonds is 7. The van der Waals surface area contributed by atoms with Crippen LogP contribution in [0, 0.1) is 5.92 Å². The topological polar surface area (TPSA) is 82.7 Å². The molecule has 0 bridgehead atoms. The molecule has 1 aromatic carbocycles. The molecule has 0 radical (unpaired) electrons. The summed E-state index contributed by atoms with van der Waals surface area (Å²) in [6.45, 7) is 5.10. The Bertz CT molecular complexity index is 598. The molecule has 1 aliphatic heterocycles. The van der Waals surface area contributed by atoms with Gasteiger partial charge in [-0.05, 0) is 44.0 Å². The van der Waals surface area contributed by atoms with Crippen LogP contribution in [0.1, 0.15) is 19.3 Å². The standard InChI is InChI=1S/C18H26N4O3/c23-17(14-5-6-14)20-15-3-1-4-16(13-15)21-18(24)19-7-2-8-22-9-11-25-12-10-22/h1,3-4,13-14H,2,5-12H2,(H,20,23)(H2,19,21,24). The maximum atomic E-state index is 12.0. The van der Waals surface area contributed by atoms with Crippen molar-refractivity contribution in [2.24, 2.45) is 5.92 Å². The van der Waals surface area contributed by atoms with Crippen LogP contribution in [-0.4, -0.2) is 56.2 Å². The van der Waals surface area contributed by atoms with E-state index >= 15 is 0 Å². The van der Waals surface area contributed by atoms with Crippen molar-refractivity contribution in [2.45, 2.75) is 19.3 Å². The molecule has 1 aliphatic carbocycles. The summed E-state index contributed by atoms with van der Waals surface area (Å²) in [6.07, 6.45) is 2.85. The number of carbonyl (C=O) groups excluding carboxylic acids is 2. The van der Waals surface area contributed by atoms with E-state index < -0.39 is 0 Å². The minimum absolute atomic E-state index is 0.0599. The SMILES string of the molecule is O=C(NCCCN1CCOCC1)Nc1cccc(NC(=O)C2CC2)c1. The van der Waals surface area contributed by atoms with Crippen LogP contribution < -0.4 is 16.0 Å². The van der Waals surface area contributed by atoms with Crippen molar-refractivity contribution in [2.75, 3.05) is 50.0 Å². The lowest BCUT2D eigenvalue weighted by Gasteiger charge is -2.26. The third kappa shape index (κ3) is 6.03. The van der Waals surface area contributed by atoms with Crippen LogP contribution in [0.25, 0.3) is 0 Å². The van der Waals surface area contributed by atoms with Crippen LogP contribution in [0.3, 0.4) is 0 Å². The van der Waals surface area contributed by atoms with Gasteiger partial charge in [-0.25, -0.2) is 4.79 Å². The highest BCUT2D eigenvalue weighted by atomic mass is 16.5.